The van der Waals surface area contributed by atoms with E-state index in [9.17, 15) is 14.4 Å². The van der Waals surface area contributed by atoms with Gasteiger partial charge in [-0.15, -0.1) is 0 Å². The topological polar surface area (TPSA) is 60.4 Å². The molecule has 0 aliphatic heterocycles. The molecule has 0 saturated heterocycles. The molecule has 4 heteroatoms. The Labute approximate surface area is 261 Å². The highest BCUT2D eigenvalue weighted by atomic mass is 16.6. The Balaban J connectivity index is 3.57. The van der Waals surface area contributed by atoms with Crippen LogP contribution in [0.1, 0.15) is 206 Å². The standard InChI is InChI=1S/C38H70O4/c1-3-5-6-7-8-9-10-11-12-16-19-22-25-28-31-34-37(40)42-38(41)36(4-2)33-30-27-24-21-18-15-13-14-17-20-23-26-29-32-35-39/h11-12,35-36H,3-10,13-34H2,1-2H3. The Morgan fingerprint density at radius 3 is 1.38 bits per heavy atom. The molecule has 0 aromatic heterocycles. The summed E-state index contributed by atoms with van der Waals surface area (Å²) in [5.41, 5.74) is 0. The molecule has 0 radical (unpaired) electrons. The largest absolute Gasteiger partial charge is 0.393 e. The molecule has 0 saturated carbocycles. The van der Waals surface area contributed by atoms with Gasteiger partial charge in [-0.3, -0.25) is 9.59 Å². The lowest BCUT2D eigenvalue weighted by atomic mass is 9.97. The van der Waals surface area contributed by atoms with Crippen molar-refractivity contribution in [2.45, 2.75) is 206 Å². The molecule has 0 aromatic rings. The van der Waals surface area contributed by atoms with Crippen LogP contribution >= 0.6 is 0 Å². The fraction of sp³-hybridized carbons (Fsp3) is 0.868. The molecule has 42 heavy (non-hydrogen) atoms. The first-order valence-corrected chi connectivity index (χ1v) is 18.5. The van der Waals surface area contributed by atoms with E-state index in [1.165, 1.54) is 122 Å². The highest BCUT2D eigenvalue weighted by molar-refractivity contribution is 5.86. The predicted molar refractivity (Wildman–Crippen MR) is 180 cm³/mol. The third-order valence-corrected chi connectivity index (χ3v) is 8.56. The maximum absolute atomic E-state index is 12.5. The van der Waals surface area contributed by atoms with Gasteiger partial charge in [-0.1, -0.05) is 154 Å². The van der Waals surface area contributed by atoms with E-state index in [2.05, 4.69) is 19.1 Å². The third kappa shape index (κ3) is 30.0. The van der Waals surface area contributed by atoms with Crippen molar-refractivity contribution in [2.75, 3.05) is 0 Å². The zero-order chi connectivity index (χ0) is 30.8. The van der Waals surface area contributed by atoms with Crippen LogP contribution in [0.5, 0.6) is 0 Å². The summed E-state index contributed by atoms with van der Waals surface area (Å²) in [6.45, 7) is 4.28. The van der Waals surface area contributed by atoms with Gasteiger partial charge in [-0.2, -0.15) is 0 Å². The molecule has 0 amide bonds. The van der Waals surface area contributed by atoms with E-state index in [1.807, 2.05) is 6.92 Å². The Hall–Kier alpha value is -1.45. The number of allylic oxidation sites excluding steroid dienone is 2. The normalized spacial score (nSPS) is 12.1. The summed E-state index contributed by atoms with van der Waals surface area (Å²) in [5.74, 6) is -0.783. The van der Waals surface area contributed by atoms with Gasteiger partial charge < -0.3 is 9.53 Å². The number of aldehydes is 1. The van der Waals surface area contributed by atoms with E-state index in [1.54, 1.807) is 0 Å². The van der Waals surface area contributed by atoms with Crippen molar-refractivity contribution >= 4 is 18.2 Å². The molecule has 1 atom stereocenters. The number of hydrogen-bond donors (Lipinski definition) is 0. The fourth-order valence-corrected chi connectivity index (χ4v) is 5.64. The van der Waals surface area contributed by atoms with Gasteiger partial charge in [0, 0.05) is 12.8 Å². The molecule has 4 nitrogen and oxygen atoms in total. The van der Waals surface area contributed by atoms with Crippen LogP contribution in [0.25, 0.3) is 0 Å². The van der Waals surface area contributed by atoms with Crippen molar-refractivity contribution in [3.05, 3.63) is 12.2 Å². The van der Waals surface area contributed by atoms with Crippen LogP contribution in [0.15, 0.2) is 12.2 Å². The van der Waals surface area contributed by atoms with Gasteiger partial charge in [0.25, 0.3) is 0 Å². The third-order valence-electron chi connectivity index (χ3n) is 8.56. The van der Waals surface area contributed by atoms with Crippen molar-refractivity contribution in [2.24, 2.45) is 5.92 Å². The summed E-state index contributed by atoms with van der Waals surface area (Å²) < 4.78 is 5.20. The van der Waals surface area contributed by atoms with Crippen molar-refractivity contribution < 1.29 is 19.1 Å². The highest BCUT2D eigenvalue weighted by Gasteiger charge is 2.20. The minimum absolute atomic E-state index is 0.137. The quantitative estimate of drug-likeness (QED) is 0.0251. The van der Waals surface area contributed by atoms with Crippen LogP contribution < -0.4 is 0 Å². The average molecular weight is 591 g/mol. The van der Waals surface area contributed by atoms with E-state index >= 15 is 0 Å². The fourth-order valence-electron chi connectivity index (χ4n) is 5.64. The Morgan fingerprint density at radius 2 is 0.929 bits per heavy atom. The highest BCUT2D eigenvalue weighted by Crippen LogP contribution is 2.18. The molecule has 246 valence electrons. The first-order chi connectivity index (χ1) is 20.7. The lowest BCUT2D eigenvalue weighted by Gasteiger charge is -2.13. The molecule has 0 rings (SSSR count). The van der Waals surface area contributed by atoms with Crippen LogP contribution in [-0.4, -0.2) is 18.2 Å². The minimum atomic E-state index is -0.339. The van der Waals surface area contributed by atoms with Crippen molar-refractivity contribution in [1.29, 1.82) is 0 Å². The van der Waals surface area contributed by atoms with Crippen molar-refractivity contribution in [3.63, 3.8) is 0 Å². The van der Waals surface area contributed by atoms with Gasteiger partial charge in [0.15, 0.2) is 0 Å². The Bertz CT molecular complexity index is 627. The summed E-state index contributed by atoms with van der Waals surface area (Å²) in [7, 11) is 0. The molecule has 0 spiro atoms. The average Bonchev–Trinajstić information content (AvgIpc) is 2.99. The second kappa shape index (κ2) is 34.0. The molecular weight excluding hydrogens is 520 g/mol. The second-order valence-corrected chi connectivity index (χ2v) is 12.6. The Kier molecular flexibility index (Phi) is 32.9. The van der Waals surface area contributed by atoms with Gasteiger partial charge in [0.2, 0.25) is 0 Å². The molecule has 0 aliphatic rings. The number of rotatable bonds is 33. The summed E-state index contributed by atoms with van der Waals surface area (Å²) >= 11 is 0. The van der Waals surface area contributed by atoms with Gasteiger partial charge >= 0.3 is 11.9 Å². The van der Waals surface area contributed by atoms with Crippen molar-refractivity contribution in [3.8, 4) is 0 Å². The molecule has 0 N–H and O–H groups in total. The summed E-state index contributed by atoms with van der Waals surface area (Å²) in [6, 6.07) is 0. The van der Waals surface area contributed by atoms with E-state index in [0.717, 1.165) is 70.5 Å². The Morgan fingerprint density at radius 1 is 0.524 bits per heavy atom. The smallest absolute Gasteiger partial charge is 0.316 e. The number of esters is 2. The maximum atomic E-state index is 12.5. The molecule has 0 aromatic carbocycles. The summed E-state index contributed by atoms with van der Waals surface area (Å²) in [6.07, 6.45) is 40.6. The van der Waals surface area contributed by atoms with Crippen LogP contribution in [0.2, 0.25) is 0 Å². The van der Waals surface area contributed by atoms with E-state index in [-0.39, 0.29) is 17.9 Å². The number of ether oxygens (including phenoxy) is 1. The monoisotopic (exact) mass is 591 g/mol. The molecule has 1 unspecified atom stereocenters. The predicted octanol–water partition coefficient (Wildman–Crippen LogP) is 12.2. The van der Waals surface area contributed by atoms with Crippen LogP contribution in [0.4, 0.5) is 0 Å². The van der Waals surface area contributed by atoms with Gasteiger partial charge in [0.05, 0.1) is 5.92 Å². The number of unbranched alkanes of at least 4 members (excludes halogenated alkanes) is 24. The maximum Gasteiger partial charge on any atom is 0.316 e. The van der Waals surface area contributed by atoms with Crippen LogP contribution in [0, 0.1) is 5.92 Å². The lowest BCUT2D eigenvalue weighted by Crippen LogP contribution is -2.21. The summed E-state index contributed by atoms with van der Waals surface area (Å²) in [5, 5.41) is 0. The van der Waals surface area contributed by atoms with Gasteiger partial charge in [-0.25, -0.2) is 0 Å². The number of carbonyl (C=O) groups is 3. The second-order valence-electron chi connectivity index (χ2n) is 12.6. The number of hydrogen-bond acceptors (Lipinski definition) is 4. The first-order valence-electron chi connectivity index (χ1n) is 18.5. The van der Waals surface area contributed by atoms with Crippen LogP contribution in [0.3, 0.4) is 0 Å². The van der Waals surface area contributed by atoms with E-state index in [4.69, 9.17) is 4.74 Å². The summed E-state index contributed by atoms with van der Waals surface area (Å²) in [4.78, 5) is 34.9. The zero-order valence-electron chi connectivity index (χ0n) is 28.2. The van der Waals surface area contributed by atoms with Gasteiger partial charge in [0.1, 0.15) is 6.29 Å². The zero-order valence-corrected chi connectivity index (χ0v) is 28.2. The first kappa shape index (κ1) is 40.5. The molecular formula is C38H70O4. The molecule has 0 heterocycles. The molecule has 0 bridgehead atoms. The minimum Gasteiger partial charge on any atom is -0.393 e. The van der Waals surface area contributed by atoms with E-state index < -0.39 is 0 Å². The van der Waals surface area contributed by atoms with Gasteiger partial charge in [-0.05, 0) is 51.4 Å². The SMILES string of the molecule is CCCCCCCCC=CCCCCCCCC(=O)OC(=O)C(CC)CCCCCCCCCCCCCCCC=O. The molecule has 0 aliphatic carbocycles. The van der Waals surface area contributed by atoms with Crippen LogP contribution in [-0.2, 0) is 19.1 Å². The van der Waals surface area contributed by atoms with E-state index in [0.29, 0.717) is 6.42 Å². The van der Waals surface area contributed by atoms with Crippen molar-refractivity contribution in [1.82, 2.24) is 0 Å². The number of carbonyl (C=O) groups excluding carboxylic acids is 3. The molecule has 0 fully saturated rings. The lowest BCUT2D eigenvalue weighted by molar-refractivity contribution is -0.163.